The molecule has 0 aromatic carbocycles. The summed E-state index contributed by atoms with van der Waals surface area (Å²) in [6.07, 6.45) is 4.79. The van der Waals surface area contributed by atoms with Crippen LogP contribution in [0.5, 0.6) is 0 Å². The summed E-state index contributed by atoms with van der Waals surface area (Å²) in [6, 6.07) is 4.12. The van der Waals surface area contributed by atoms with Crippen LogP contribution in [0.15, 0.2) is 29.7 Å². The van der Waals surface area contributed by atoms with Gasteiger partial charge in [-0.1, -0.05) is 11.8 Å². The predicted molar refractivity (Wildman–Crippen MR) is 87.4 cm³/mol. The number of imide groups is 1. The SMILES string of the molecule is COC(=O)NC(=O)[C@H](C)Sc1nnc(-c2cccnc2)n1C1CC1. The number of amides is 2. The number of aromatic nitrogens is 4. The Morgan fingerprint density at radius 3 is 2.83 bits per heavy atom. The summed E-state index contributed by atoms with van der Waals surface area (Å²) >= 11 is 1.26. The monoisotopic (exact) mass is 347 g/mol. The molecule has 0 saturated heterocycles. The van der Waals surface area contributed by atoms with Gasteiger partial charge in [0.25, 0.3) is 0 Å². The second kappa shape index (κ2) is 7.00. The van der Waals surface area contributed by atoms with Crippen LogP contribution < -0.4 is 5.32 Å². The van der Waals surface area contributed by atoms with Gasteiger partial charge in [-0.2, -0.15) is 0 Å². The van der Waals surface area contributed by atoms with Crippen LogP contribution in [0.2, 0.25) is 0 Å². The Balaban J connectivity index is 1.80. The molecule has 1 saturated carbocycles. The molecule has 0 unspecified atom stereocenters. The molecule has 1 aliphatic rings. The van der Waals surface area contributed by atoms with Crippen molar-refractivity contribution < 1.29 is 14.3 Å². The van der Waals surface area contributed by atoms with Crippen molar-refractivity contribution in [1.82, 2.24) is 25.1 Å². The average Bonchev–Trinajstić information content (AvgIpc) is 3.35. The lowest BCUT2D eigenvalue weighted by Crippen LogP contribution is -2.36. The minimum absolute atomic E-state index is 0.341. The molecule has 2 aromatic rings. The quantitative estimate of drug-likeness (QED) is 0.826. The first-order valence-corrected chi connectivity index (χ1v) is 8.39. The molecule has 126 valence electrons. The van der Waals surface area contributed by atoms with Gasteiger partial charge in [-0.25, -0.2) is 4.79 Å². The second-order valence-electron chi connectivity index (χ2n) is 5.39. The third-order valence-electron chi connectivity index (χ3n) is 3.56. The first kappa shape index (κ1) is 16.4. The van der Waals surface area contributed by atoms with Crippen LogP contribution in [0, 0.1) is 0 Å². The van der Waals surface area contributed by atoms with Gasteiger partial charge in [0.1, 0.15) is 0 Å². The standard InChI is InChI=1S/C15H17N5O3S/c1-9(13(21)17-15(22)23-2)24-14-19-18-12(20(14)11-5-6-11)10-4-3-7-16-8-10/h3-4,7-9,11H,5-6H2,1-2H3,(H,17,21,22)/t9-/m0/s1. The highest BCUT2D eigenvalue weighted by atomic mass is 32.2. The minimum Gasteiger partial charge on any atom is -0.453 e. The first-order chi connectivity index (χ1) is 11.6. The lowest BCUT2D eigenvalue weighted by atomic mass is 10.3. The molecular formula is C15H17N5O3S. The zero-order valence-corrected chi connectivity index (χ0v) is 14.1. The lowest BCUT2D eigenvalue weighted by Gasteiger charge is -2.12. The fraction of sp³-hybridized carbons (Fsp3) is 0.400. The van der Waals surface area contributed by atoms with Crippen molar-refractivity contribution in [2.75, 3.05) is 7.11 Å². The molecule has 0 bridgehead atoms. The topological polar surface area (TPSA) is 99.0 Å². The maximum Gasteiger partial charge on any atom is 0.413 e. The molecule has 0 spiro atoms. The van der Waals surface area contributed by atoms with E-state index in [9.17, 15) is 9.59 Å². The molecule has 3 rings (SSSR count). The van der Waals surface area contributed by atoms with Gasteiger partial charge < -0.3 is 4.74 Å². The van der Waals surface area contributed by atoms with Crippen molar-refractivity contribution in [1.29, 1.82) is 0 Å². The fourth-order valence-electron chi connectivity index (χ4n) is 2.18. The largest absolute Gasteiger partial charge is 0.453 e. The highest BCUT2D eigenvalue weighted by molar-refractivity contribution is 8.00. The van der Waals surface area contributed by atoms with E-state index in [1.165, 1.54) is 18.9 Å². The van der Waals surface area contributed by atoms with Gasteiger partial charge in [0, 0.05) is 24.0 Å². The first-order valence-electron chi connectivity index (χ1n) is 7.51. The van der Waals surface area contributed by atoms with Gasteiger partial charge in [-0.15, -0.1) is 10.2 Å². The molecule has 2 amide bonds. The number of thioether (sulfide) groups is 1. The molecule has 1 atom stereocenters. The molecule has 1 aliphatic carbocycles. The lowest BCUT2D eigenvalue weighted by molar-refractivity contribution is -0.119. The number of nitrogens with one attached hydrogen (secondary N) is 1. The summed E-state index contributed by atoms with van der Waals surface area (Å²) in [5.74, 6) is 0.314. The summed E-state index contributed by atoms with van der Waals surface area (Å²) in [7, 11) is 1.21. The Bertz CT molecular complexity index is 745. The van der Waals surface area contributed by atoms with Crippen molar-refractivity contribution in [3.05, 3.63) is 24.5 Å². The maximum atomic E-state index is 12.0. The molecule has 1 fully saturated rings. The third kappa shape index (κ3) is 3.56. The zero-order chi connectivity index (χ0) is 17.1. The highest BCUT2D eigenvalue weighted by Crippen LogP contribution is 2.41. The van der Waals surface area contributed by atoms with Gasteiger partial charge in [-0.3, -0.25) is 19.7 Å². The van der Waals surface area contributed by atoms with E-state index >= 15 is 0 Å². The van der Waals surface area contributed by atoms with E-state index < -0.39 is 17.3 Å². The van der Waals surface area contributed by atoms with E-state index in [1.807, 2.05) is 16.7 Å². The van der Waals surface area contributed by atoms with E-state index in [2.05, 4.69) is 25.2 Å². The minimum atomic E-state index is -0.771. The molecule has 0 aliphatic heterocycles. The number of ether oxygens (including phenoxy) is 1. The summed E-state index contributed by atoms with van der Waals surface area (Å²) in [5.41, 5.74) is 0.885. The highest BCUT2D eigenvalue weighted by Gasteiger charge is 2.31. The number of hydrogen-bond donors (Lipinski definition) is 1. The van der Waals surface area contributed by atoms with Crippen LogP contribution in [-0.2, 0) is 9.53 Å². The van der Waals surface area contributed by atoms with Gasteiger partial charge in [-0.05, 0) is 31.9 Å². The summed E-state index contributed by atoms with van der Waals surface area (Å²) in [5, 5.41) is 10.8. The average molecular weight is 347 g/mol. The number of pyridine rings is 1. The Kier molecular flexibility index (Phi) is 4.79. The Labute approximate surface area is 143 Å². The van der Waals surface area contributed by atoms with Crippen LogP contribution in [0.1, 0.15) is 25.8 Å². The van der Waals surface area contributed by atoms with Gasteiger partial charge in [0.15, 0.2) is 11.0 Å². The van der Waals surface area contributed by atoms with Gasteiger partial charge >= 0.3 is 6.09 Å². The van der Waals surface area contributed by atoms with E-state index in [0.717, 1.165) is 24.2 Å². The molecule has 0 radical (unpaired) electrons. The van der Waals surface area contributed by atoms with Crippen LogP contribution >= 0.6 is 11.8 Å². The van der Waals surface area contributed by atoms with Crippen molar-refractivity contribution >= 4 is 23.8 Å². The normalized spacial score (nSPS) is 14.9. The molecule has 2 heterocycles. The van der Waals surface area contributed by atoms with E-state index in [0.29, 0.717) is 11.2 Å². The molecule has 8 nitrogen and oxygen atoms in total. The predicted octanol–water partition coefficient (Wildman–Crippen LogP) is 2.04. The molecular weight excluding hydrogens is 330 g/mol. The Morgan fingerprint density at radius 1 is 1.42 bits per heavy atom. The van der Waals surface area contributed by atoms with Crippen LogP contribution in [0.3, 0.4) is 0 Å². The fourth-order valence-corrected chi connectivity index (χ4v) is 3.10. The van der Waals surface area contributed by atoms with Gasteiger partial charge in [0.05, 0.1) is 12.4 Å². The Morgan fingerprint density at radius 2 is 2.21 bits per heavy atom. The number of hydrogen-bond acceptors (Lipinski definition) is 7. The Hall–Kier alpha value is -2.42. The molecule has 2 aromatic heterocycles. The van der Waals surface area contributed by atoms with E-state index in [-0.39, 0.29) is 0 Å². The summed E-state index contributed by atoms with van der Waals surface area (Å²) in [6.45, 7) is 1.71. The van der Waals surface area contributed by atoms with Crippen LogP contribution in [-0.4, -0.2) is 44.1 Å². The number of carbonyl (C=O) groups excluding carboxylic acids is 2. The number of carbonyl (C=O) groups is 2. The summed E-state index contributed by atoms with van der Waals surface area (Å²) < 4.78 is 6.48. The van der Waals surface area contributed by atoms with Gasteiger partial charge in [0.2, 0.25) is 5.91 Å². The van der Waals surface area contributed by atoms with Crippen LogP contribution in [0.4, 0.5) is 4.79 Å². The van der Waals surface area contributed by atoms with Crippen molar-refractivity contribution in [2.24, 2.45) is 0 Å². The van der Waals surface area contributed by atoms with E-state index in [4.69, 9.17) is 0 Å². The molecule has 24 heavy (non-hydrogen) atoms. The molecule has 9 heteroatoms. The second-order valence-corrected chi connectivity index (χ2v) is 6.70. The van der Waals surface area contributed by atoms with Crippen molar-refractivity contribution in [3.63, 3.8) is 0 Å². The number of rotatable bonds is 5. The van der Waals surface area contributed by atoms with Crippen molar-refractivity contribution in [2.45, 2.75) is 36.2 Å². The third-order valence-corrected chi connectivity index (χ3v) is 4.62. The molecule has 1 N–H and O–H groups in total. The smallest absolute Gasteiger partial charge is 0.413 e. The number of alkyl carbamates (subject to hydrolysis) is 1. The zero-order valence-electron chi connectivity index (χ0n) is 13.3. The summed E-state index contributed by atoms with van der Waals surface area (Å²) in [4.78, 5) is 27.3. The van der Waals surface area contributed by atoms with E-state index in [1.54, 1.807) is 19.3 Å². The van der Waals surface area contributed by atoms with Crippen molar-refractivity contribution in [3.8, 4) is 11.4 Å². The maximum absolute atomic E-state index is 12.0. The van der Waals surface area contributed by atoms with Crippen LogP contribution in [0.25, 0.3) is 11.4 Å². The number of nitrogens with zero attached hydrogens (tertiary/aromatic N) is 4. The number of methoxy groups -OCH3 is 1.